The van der Waals surface area contributed by atoms with Crippen LogP contribution in [0.4, 0.5) is 0 Å². The maximum Gasteiger partial charge on any atom is 0.367 e. The number of allylic oxidation sites excluding steroid dienone is 2. The van der Waals surface area contributed by atoms with Gasteiger partial charge in [-0.1, -0.05) is 25.5 Å². The summed E-state index contributed by atoms with van der Waals surface area (Å²) in [7, 11) is 0. The third-order valence-corrected chi connectivity index (χ3v) is 4.91. The first kappa shape index (κ1) is 17.7. The predicted octanol–water partition coefficient (Wildman–Crippen LogP) is 3.60. The lowest BCUT2D eigenvalue weighted by molar-refractivity contribution is -0.147. The van der Waals surface area contributed by atoms with Gasteiger partial charge in [-0.05, 0) is 32.1 Å². The van der Waals surface area contributed by atoms with Gasteiger partial charge in [0.2, 0.25) is 5.01 Å². The maximum absolute atomic E-state index is 12.3. The Bertz CT molecular complexity index is 628. The predicted molar refractivity (Wildman–Crippen MR) is 88.1 cm³/mol. The van der Waals surface area contributed by atoms with E-state index in [1.54, 1.807) is 12.3 Å². The standard InChI is InChI=1S/C17H23NO4S/c1-6-21-16(20)14-18-11(9-23-14)8-22-15(19)13-12(7-10(2)3)17(13,4)5/h7,9,12-13H,6,8H2,1-5H3/t12-,13-/m0/s1. The fourth-order valence-electron chi connectivity index (χ4n) is 2.69. The molecule has 0 unspecified atom stereocenters. The first-order valence-electron chi connectivity index (χ1n) is 7.70. The average molecular weight is 337 g/mol. The van der Waals surface area contributed by atoms with Crippen LogP contribution in [0.5, 0.6) is 0 Å². The summed E-state index contributed by atoms with van der Waals surface area (Å²) in [6, 6.07) is 0. The van der Waals surface area contributed by atoms with Gasteiger partial charge in [0.05, 0.1) is 18.2 Å². The van der Waals surface area contributed by atoms with Crippen LogP contribution in [0.15, 0.2) is 17.0 Å². The van der Waals surface area contributed by atoms with Crippen LogP contribution < -0.4 is 0 Å². The average Bonchev–Trinajstić information content (AvgIpc) is 2.85. The molecule has 0 spiro atoms. The lowest BCUT2D eigenvalue weighted by atomic mass is 10.1. The molecule has 1 aliphatic carbocycles. The first-order valence-corrected chi connectivity index (χ1v) is 8.58. The van der Waals surface area contributed by atoms with Gasteiger partial charge in [-0.25, -0.2) is 9.78 Å². The number of carbonyl (C=O) groups is 2. The monoisotopic (exact) mass is 337 g/mol. The van der Waals surface area contributed by atoms with Crippen LogP contribution in [0.3, 0.4) is 0 Å². The van der Waals surface area contributed by atoms with E-state index in [9.17, 15) is 9.59 Å². The summed E-state index contributed by atoms with van der Waals surface area (Å²) in [4.78, 5) is 28.0. The molecule has 1 aromatic rings. The Kier molecular flexibility index (Phi) is 5.24. The lowest BCUT2D eigenvalue weighted by Crippen LogP contribution is -2.11. The van der Waals surface area contributed by atoms with E-state index in [-0.39, 0.29) is 34.8 Å². The molecule has 6 heteroatoms. The van der Waals surface area contributed by atoms with Crippen molar-refractivity contribution in [1.82, 2.24) is 4.98 Å². The minimum atomic E-state index is -0.443. The zero-order valence-electron chi connectivity index (χ0n) is 14.2. The van der Waals surface area contributed by atoms with Gasteiger partial charge < -0.3 is 9.47 Å². The number of thiazole rings is 1. The summed E-state index contributed by atoms with van der Waals surface area (Å²) in [5.74, 6) is -0.531. The maximum atomic E-state index is 12.3. The summed E-state index contributed by atoms with van der Waals surface area (Å²) < 4.78 is 10.3. The molecular formula is C17H23NO4S. The minimum Gasteiger partial charge on any atom is -0.461 e. The van der Waals surface area contributed by atoms with Crippen molar-refractivity contribution in [1.29, 1.82) is 0 Å². The summed E-state index contributed by atoms with van der Waals surface area (Å²) in [6.07, 6.45) is 2.13. The lowest BCUT2D eigenvalue weighted by Gasteiger charge is -2.03. The van der Waals surface area contributed by atoms with Crippen molar-refractivity contribution < 1.29 is 19.1 Å². The summed E-state index contributed by atoms with van der Waals surface area (Å²) in [5, 5.41) is 2.00. The van der Waals surface area contributed by atoms with Crippen molar-refractivity contribution in [3.8, 4) is 0 Å². The fraction of sp³-hybridized carbons (Fsp3) is 0.588. The first-order chi connectivity index (χ1) is 10.8. The molecule has 23 heavy (non-hydrogen) atoms. The van der Waals surface area contributed by atoms with Crippen molar-refractivity contribution in [3.63, 3.8) is 0 Å². The third kappa shape index (κ3) is 3.99. The Morgan fingerprint density at radius 3 is 2.65 bits per heavy atom. The smallest absolute Gasteiger partial charge is 0.367 e. The Labute approximate surface area is 140 Å². The van der Waals surface area contributed by atoms with E-state index >= 15 is 0 Å². The van der Waals surface area contributed by atoms with E-state index in [0.29, 0.717) is 12.3 Å². The van der Waals surface area contributed by atoms with Gasteiger partial charge in [-0.15, -0.1) is 11.3 Å². The van der Waals surface area contributed by atoms with Crippen molar-refractivity contribution in [2.45, 2.75) is 41.2 Å². The van der Waals surface area contributed by atoms with E-state index in [0.717, 1.165) is 0 Å². The van der Waals surface area contributed by atoms with E-state index in [1.165, 1.54) is 16.9 Å². The van der Waals surface area contributed by atoms with Crippen LogP contribution >= 0.6 is 11.3 Å². The number of hydrogen-bond acceptors (Lipinski definition) is 6. The van der Waals surface area contributed by atoms with Crippen molar-refractivity contribution in [2.24, 2.45) is 17.3 Å². The Balaban J connectivity index is 1.91. The highest BCUT2D eigenvalue weighted by Crippen LogP contribution is 2.59. The molecular weight excluding hydrogens is 314 g/mol. The van der Waals surface area contributed by atoms with Gasteiger partial charge >= 0.3 is 11.9 Å². The zero-order chi connectivity index (χ0) is 17.2. The molecule has 1 aliphatic rings. The number of nitrogens with zero attached hydrogens (tertiary/aromatic N) is 1. The van der Waals surface area contributed by atoms with Crippen LogP contribution in [0, 0.1) is 17.3 Å². The second kappa shape index (κ2) is 6.83. The number of aromatic nitrogens is 1. The van der Waals surface area contributed by atoms with E-state index in [2.05, 4.69) is 24.9 Å². The molecule has 0 aromatic carbocycles. The largest absolute Gasteiger partial charge is 0.461 e. The number of rotatable bonds is 6. The fourth-order valence-corrected chi connectivity index (χ4v) is 3.39. The zero-order valence-corrected chi connectivity index (χ0v) is 15.0. The molecule has 1 fully saturated rings. The van der Waals surface area contributed by atoms with Gasteiger partial charge in [0.15, 0.2) is 0 Å². The van der Waals surface area contributed by atoms with Gasteiger partial charge in [0.25, 0.3) is 0 Å². The normalized spacial score (nSPS) is 21.4. The van der Waals surface area contributed by atoms with E-state index < -0.39 is 5.97 Å². The molecule has 0 N–H and O–H groups in total. The number of ether oxygens (including phenoxy) is 2. The Morgan fingerprint density at radius 1 is 1.35 bits per heavy atom. The number of hydrogen-bond donors (Lipinski definition) is 0. The molecule has 5 nitrogen and oxygen atoms in total. The Morgan fingerprint density at radius 2 is 2.04 bits per heavy atom. The molecule has 2 rings (SSSR count). The van der Waals surface area contributed by atoms with Crippen LogP contribution in [-0.2, 0) is 20.9 Å². The SMILES string of the molecule is CCOC(=O)c1nc(COC(=O)[C@@H]2[C@H](C=C(C)C)C2(C)C)cs1. The third-order valence-electron chi connectivity index (χ3n) is 4.04. The van der Waals surface area contributed by atoms with Gasteiger partial charge in [-0.2, -0.15) is 0 Å². The van der Waals surface area contributed by atoms with Crippen LogP contribution in [0.2, 0.25) is 0 Å². The highest BCUT2D eigenvalue weighted by atomic mass is 32.1. The van der Waals surface area contributed by atoms with Crippen molar-refractivity contribution in [2.75, 3.05) is 6.61 Å². The Hall–Kier alpha value is -1.69. The molecule has 2 atom stereocenters. The minimum absolute atomic E-state index is 0.0630. The molecule has 0 saturated heterocycles. The van der Waals surface area contributed by atoms with E-state index in [1.807, 2.05) is 13.8 Å². The number of esters is 2. The molecule has 1 aromatic heterocycles. The highest BCUT2D eigenvalue weighted by Gasteiger charge is 2.61. The van der Waals surface area contributed by atoms with Gasteiger partial charge in [-0.3, -0.25) is 4.79 Å². The van der Waals surface area contributed by atoms with Crippen LogP contribution in [-0.4, -0.2) is 23.5 Å². The topological polar surface area (TPSA) is 65.5 Å². The highest BCUT2D eigenvalue weighted by molar-refractivity contribution is 7.11. The molecule has 0 amide bonds. The van der Waals surface area contributed by atoms with Gasteiger partial charge in [0.1, 0.15) is 6.61 Å². The summed E-state index contributed by atoms with van der Waals surface area (Å²) in [6.45, 7) is 10.4. The van der Waals surface area contributed by atoms with Crippen LogP contribution in [0.1, 0.15) is 50.1 Å². The second-order valence-electron chi connectivity index (χ2n) is 6.54. The summed E-state index contributed by atoms with van der Waals surface area (Å²) >= 11 is 1.20. The van der Waals surface area contributed by atoms with E-state index in [4.69, 9.17) is 9.47 Å². The molecule has 126 valence electrons. The van der Waals surface area contributed by atoms with Crippen molar-refractivity contribution >= 4 is 23.3 Å². The molecule has 1 heterocycles. The summed E-state index contributed by atoms with van der Waals surface area (Å²) in [5.41, 5.74) is 1.72. The van der Waals surface area contributed by atoms with Crippen LogP contribution in [0.25, 0.3) is 0 Å². The quantitative estimate of drug-likeness (QED) is 0.586. The molecule has 0 radical (unpaired) electrons. The van der Waals surface area contributed by atoms with Gasteiger partial charge in [0, 0.05) is 5.38 Å². The second-order valence-corrected chi connectivity index (χ2v) is 7.40. The molecule has 1 saturated carbocycles. The molecule has 0 bridgehead atoms. The van der Waals surface area contributed by atoms with Crippen molar-refractivity contribution in [3.05, 3.63) is 27.7 Å². The molecule has 0 aliphatic heterocycles. The number of carbonyl (C=O) groups excluding carboxylic acids is 2.